The molecule has 0 saturated heterocycles. The fraction of sp³-hybridized carbons (Fsp3) is 0.600. The predicted molar refractivity (Wildman–Crippen MR) is 66.5 cm³/mol. The van der Waals surface area contributed by atoms with E-state index in [-0.39, 0.29) is 5.69 Å². The topological polar surface area (TPSA) is 72.2 Å². The fourth-order valence-electron chi connectivity index (χ4n) is 1.31. The van der Waals surface area contributed by atoms with Gasteiger partial charge in [0, 0.05) is 11.8 Å². The average Bonchev–Trinajstić information content (AvgIpc) is 2.27. The minimum Gasteiger partial charge on any atom is -0.394 e. The van der Waals surface area contributed by atoms with E-state index in [1.54, 1.807) is 0 Å². The molecule has 0 saturated carbocycles. The highest BCUT2D eigenvalue weighted by Crippen LogP contribution is 2.13. The Hall–Kier alpha value is -0.970. The maximum Gasteiger partial charge on any atom is 0.253 e. The van der Waals surface area contributed by atoms with Crippen LogP contribution in [-0.2, 0) is 0 Å². The molecule has 0 amide bonds. The molecule has 1 aromatic rings. The number of rotatable bonds is 6. The molecule has 4 nitrogen and oxygen atoms in total. The van der Waals surface area contributed by atoms with Gasteiger partial charge in [-0.1, -0.05) is 6.92 Å². The van der Waals surface area contributed by atoms with E-state index in [1.807, 2.05) is 11.8 Å². The van der Waals surface area contributed by atoms with Gasteiger partial charge in [0.1, 0.15) is 11.4 Å². The van der Waals surface area contributed by atoms with E-state index < -0.39 is 10.9 Å². The summed E-state index contributed by atoms with van der Waals surface area (Å²) in [4.78, 5) is 21.8. The molecule has 15 heavy (non-hydrogen) atoms. The number of nitrogens with two attached hydrogens (primary N) is 1. The molecule has 0 bridgehead atoms. The van der Waals surface area contributed by atoms with E-state index >= 15 is 0 Å². The van der Waals surface area contributed by atoms with Crippen molar-refractivity contribution in [2.24, 2.45) is 0 Å². The van der Waals surface area contributed by atoms with Crippen molar-refractivity contribution in [3.8, 4) is 0 Å². The quantitative estimate of drug-likeness (QED) is 0.557. The summed E-state index contributed by atoms with van der Waals surface area (Å²) in [5.41, 5.74) is 4.71. The van der Waals surface area contributed by atoms with Crippen LogP contribution >= 0.6 is 11.8 Å². The standard InChI is InChI=1S/C10H16N2O2S/c1-6(15-2)4-3-5-12-8-7(11)9(13)10(8)14/h6,12H,3-5,11H2,1-2H3. The van der Waals surface area contributed by atoms with E-state index in [9.17, 15) is 9.59 Å². The maximum atomic E-state index is 11.0. The van der Waals surface area contributed by atoms with Gasteiger partial charge in [0.2, 0.25) is 0 Å². The first kappa shape index (κ1) is 12.1. The number of nitrogens with one attached hydrogen (secondary N) is 1. The van der Waals surface area contributed by atoms with Crippen LogP contribution in [0, 0.1) is 0 Å². The highest BCUT2D eigenvalue weighted by molar-refractivity contribution is 7.99. The first-order valence-corrected chi connectivity index (χ1v) is 6.22. The van der Waals surface area contributed by atoms with Gasteiger partial charge in [0.15, 0.2) is 0 Å². The van der Waals surface area contributed by atoms with E-state index in [4.69, 9.17) is 5.73 Å². The lowest BCUT2D eigenvalue weighted by molar-refractivity contribution is 0.757. The van der Waals surface area contributed by atoms with Gasteiger partial charge in [-0.05, 0) is 19.1 Å². The highest BCUT2D eigenvalue weighted by atomic mass is 32.2. The zero-order valence-electron chi connectivity index (χ0n) is 9.00. The molecule has 1 rings (SSSR count). The second kappa shape index (κ2) is 5.21. The van der Waals surface area contributed by atoms with Gasteiger partial charge in [-0.15, -0.1) is 0 Å². The zero-order chi connectivity index (χ0) is 11.4. The number of thioether (sulfide) groups is 1. The second-order valence-corrected chi connectivity index (χ2v) is 4.84. The predicted octanol–water partition coefficient (Wildman–Crippen LogP) is 0.808. The number of hydrogen-bond acceptors (Lipinski definition) is 5. The van der Waals surface area contributed by atoms with Crippen LogP contribution in [0.2, 0.25) is 0 Å². The molecule has 0 aromatic heterocycles. The molecule has 0 aliphatic rings. The van der Waals surface area contributed by atoms with E-state index in [1.165, 1.54) is 0 Å². The number of anilines is 2. The molecule has 1 atom stereocenters. The minimum atomic E-state index is -0.560. The summed E-state index contributed by atoms with van der Waals surface area (Å²) in [7, 11) is 0. The Bertz CT molecular complexity index is 396. The average molecular weight is 228 g/mol. The largest absolute Gasteiger partial charge is 0.394 e. The van der Waals surface area contributed by atoms with Gasteiger partial charge < -0.3 is 11.1 Å². The smallest absolute Gasteiger partial charge is 0.253 e. The summed E-state index contributed by atoms with van der Waals surface area (Å²) in [5.74, 6) is 0. The first-order valence-electron chi connectivity index (χ1n) is 4.93. The zero-order valence-corrected chi connectivity index (χ0v) is 9.82. The van der Waals surface area contributed by atoms with Gasteiger partial charge in [-0.3, -0.25) is 9.59 Å². The van der Waals surface area contributed by atoms with Crippen molar-refractivity contribution in [3.63, 3.8) is 0 Å². The van der Waals surface area contributed by atoms with Crippen LogP contribution in [0.1, 0.15) is 19.8 Å². The van der Waals surface area contributed by atoms with E-state index in [2.05, 4.69) is 18.5 Å². The molecule has 1 aromatic carbocycles. The van der Waals surface area contributed by atoms with Gasteiger partial charge >= 0.3 is 0 Å². The summed E-state index contributed by atoms with van der Waals surface area (Å²) in [6.45, 7) is 2.86. The molecule has 84 valence electrons. The summed E-state index contributed by atoms with van der Waals surface area (Å²) in [6, 6.07) is 0. The monoisotopic (exact) mass is 228 g/mol. The first-order chi connectivity index (χ1) is 7.07. The Balaban J connectivity index is 2.28. The van der Waals surface area contributed by atoms with Crippen molar-refractivity contribution in [2.45, 2.75) is 25.0 Å². The van der Waals surface area contributed by atoms with E-state index in [0.29, 0.717) is 17.5 Å². The lowest BCUT2D eigenvalue weighted by atomic mass is 10.2. The van der Waals surface area contributed by atoms with Gasteiger partial charge in [0.25, 0.3) is 10.9 Å². The molecule has 0 aliphatic carbocycles. The van der Waals surface area contributed by atoms with Gasteiger partial charge in [-0.2, -0.15) is 11.8 Å². The SMILES string of the molecule is CSC(C)CCCNc1c(N)c(=O)c1=O. The highest BCUT2D eigenvalue weighted by Gasteiger charge is 2.16. The fourth-order valence-corrected chi connectivity index (χ4v) is 1.71. The van der Waals surface area contributed by atoms with Crippen molar-refractivity contribution >= 4 is 23.1 Å². The molecule has 5 heteroatoms. The van der Waals surface area contributed by atoms with Crippen LogP contribution in [0.5, 0.6) is 0 Å². The normalized spacial score (nSPS) is 12.9. The molecule has 3 N–H and O–H groups in total. The third-order valence-electron chi connectivity index (χ3n) is 2.44. The summed E-state index contributed by atoms with van der Waals surface area (Å²) < 4.78 is 0. The van der Waals surface area contributed by atoms with Crippen LogP contribution in [0.4, 0.5) is 11.4 Å². The Morgan fingerprint density at radius 3 is 2.60 bits per heavy atom. The van der Waals surface area contributed by atoms with Crippen molar-refractivity contribution in [1.82, 2.24) is 0 Å². The van der Waals surface area contributed by atoms with Crippen LogP contribution in [0.25, 0.3) is 0 Å². The van der Waals surface area contributed by atoms with Crippen LogP contribution in [0.3, 0.4) is 0 Å². The van der Waals surface area contributed by atoms with Crippen LogP contribution in [-0.4, -0.2) is 18.1 Å². The Morgan fingerprint density at radius 2 is 2.07 bits per heavy atom. The molecule has 0 fully saturated rings. The van der Waals surface area contributed by atoms with Crippen LogP contribution < -0.4 is 21.9 Å². The third-order valence-corrected chi connectivity index (χ3v) is 3.48. The Labute approximate surface area is 92.9 Å². The molecular weight excluding hydrogens is 212 g/mol. The number of hydrogen-bond donors (Lipinski definition) is 2. The van der Waals surface area contributed by atoms with Crippen molar-refractivity contribution in [1.29, 1.82) is 0 Å². The lowest BCUT2D eigenvalue weighted by Gasteiger charge is -2.11. The summed E-state index contributed by atoms with van der Waals surface area (Å²) in [5, 5.41) is 3.53. The molecular formula is C10H16N2O2S. The third kappa shape index (κ3) is 2.75. The summed E-state index contributed by atoms with van der Waals surface area (Å²) in [6.07, 6.45) is 4.14. The van der Waals surface area contributed by atoms with E-state index in [0.717, 1.165) is 12.8 Å². The molecule has 0 heterocycles. The van der Waals surface area contributed by atoms with Gasteiger partial charge in [-0.25, -0.2) is 0 Å². The van der Waals surface area contributed by atoms with Crippen molar-refractivity contribution in [3.05, 3.63) is 20.4 Å². The minimum absolute atomic E-state index is 0.0814. The summed E-state index contributed by atoms with van der Waals surface area (Å²) >= 11 is 1.82. The maximum absolute atomic E-state index is 11.0. The molecule has 0 radical (unpaired) electrons. The van der Waals surface area contributed by atoms with Crippen LogP contribution in [0.15, 0.2) is 9.59 Å². The number of nitrogen functional groups attached to an aromatic ring is 1. The Morgan fingerprint density at radius 1 is 1.40 bits per heavy atom. The lowest BCUT2D eigenvalue weighted by Crippen LogP contribution is -2.37. The second-order valence-electron chi connectivity index (χ2n) is 3.56. The molecule has 0 spiro atoms. The van der Waals surface area contributed by atoms with Gasteiger partial charge in [0.05, 0.1) is 0 Å². The molecule has 1 unspecified atom stereocenters. The van der Waals surface area contributed by atoms with Crippen molar-refractivity contribution in [2.75, 3.05) is 23.9 Å². The molecule has 0 aliphatic heterocycles. The van der Waals surface area contributed by atoms with Crippen molar-refractivity contribution < 1.29 is 0 Å². The Kier molecular flexibility index (Phi) is 4.20.